The van der Waals surface area contributed by atoms with Crippen molar-refractivity contribution in [3.63, 3.8) is 0 Å². The van der Waals surface area contributed by atoms with Gasteiger partial charge in [-0.1, -0.05) is 30.3 Å². The number of carbonyl (C=O) groups is 1. The van der Waals surface area contributed by atoms with Crippen LogP contribution in [0.4, 0.5) is 0 Å². The fourth-order valence-electron chi connectivity index (χ4n) is 2.46. The van der Waals surface area contributed by atoms with Crippen LogP contribution in [0, 0.1) is 0 Å². The van der Waals surface area contributed by atoms with Gasteiger partial charge in [0.15, 0.2) is 0 Å². The molecule has 1 fully saturated rings. The summed E-state index contributed by atoms with van der Waals surface area (Å²) >= 11 is 0. The Kier molecular flexibility index (Phi) is 6.32. The molecule has 1 heterocycles. The van der Waals surface area contributed by atoms with Gasteiger partial charge in [-0.05, 0) is 31.9 Å². The molecule has 0 aliphatic carbocycles. The lowest BCUT2D eigenvalue weighted by atomic mass is 10.1. The minimum atomic E-state index is 0. The van der Waals surface area contributed by atoms with Gasteiger partial charge in [0, 0.05) is 19.5 Å². The second kappa shape index (κ2) is 7.51. The van der Waals surface area contributed by atoms with E-state index < -0.39 is 0 Å². The van der Waals surface area contributed by atoms with Crippen LogP contribution in [0.15, 0.2) is 30.3 Å². The van der Waals surface area contributed by atoms with Gasteiger partial charge in [-0.2, -0.15) is 0 Å². The maximum atomic E-state index is 12.2. The second-order valence-corrected chi connectivity index (χ2v) is 5.09. The summed E-state index contributed by atoms with van der Waals surface area (Å²) in [5, 5.41) is 3.37. The minimum absolute atomic E-state index is 0. The van der Waals surface area contributed by atoms with Crippen LogP contribution >= 0.6 is 12.4 Å². The van der Waals surface area contributed by atoms with Crippen molar-refractivity contribution < 1.29 is 4.79 Å². The van der Waals surface area contributed by atoms with Crippen molar-refractivity contribution in [2.75, 3.05) is 13.6 Å². The van der Waals surface area contributed by atoms with E-state index in [1.807, 2.05) is 30.1 Å². The molecule has 106 valence electrons. The standard InChI is InChI=1S/C15H22N2O.ClH/c1-12(13-7-4-3-5-8-13)17(2)15(18)11-14-9-6-10-16-14;/h3-5,7-8,12,14,16H,6,9-11H2,1-2H3;1H. The molecule has 2 unspecified atom stereocenters. The fourth-order valence-corrected chi connectivity index (χ4v) is 2.46. The average Bonchev–Trinajstić information content (AvgIpc) is 2.91. The smallest absolute Gasteiger partial charge is 0.224 e. The third kappa shape index (κ3) is 4.22. The lowest BCUT2D eigenvalue weighted by Gasteiger charge is -2.26. The van der Waals surface area contributed by atoms with E-state index in [2.05, 4.69) is 24.4 Å². The molecule has 1 aliphatic heterocycles. The van der Waals surface area contributed by atoms with E-state index in [9.17, 15) is 4.79 Å². The fraction of sp³-hybridized carbons (Fsp3) is 0.533. The van der Waals surface area contributed by atoms with E-state index in [1.165, 1.54) is 12.0 Å². The summed E-state index contributed by atoms with van der Waals surface area (Å²) in [6, 6.07) is 10.7. The monoisotopic (exact) mass is 282 g/mol. The molecule has 2 rings (SSSR count). The van der Waals surface area contributed by atoms with Gasteiger partial charge < -0.3 is 10.2 Å². The number of hydrogen-bond acceptors (Lipinski definition) is 2. The molecule has 0 saturated carbocycles. The normalized spacial score (nSPS) is 19.6. The number of nitrogens with zero attached hydrogens (tertiary/aromatic N) is 1. The van der Waals surface area contributed by atoms with Crippen molar-refractivity contribution in [3.05, 3.63) is 35.9 Å². The van der Waals surface area contributed by atoms with Crippen molar-refractivity contribution in [3.8, 4) is 0 Å². The number of amides is 1. The summed E-state index contributed by atoms with van der Waals surface area (Å²) in [5.41, 5.74) is 1.19. The molecule has 1 N–H and O–H groups in total. The first kappa shape index (κ1) is 16.0. The highest BCUT2D eigenvalue weighted by molar-refractivity contribution is 5.85. The minimum Gasteiger partial charge on any atom is -0.339 e. The zero-order valence-corrected chi connectivity index (χ0v) is 12.5. The van der Waals surface area contributed by atoms with Crippen molar-refractivity contribution in [2.45, 2.75) is 38.3 Å². The Balaban J connectivity index is 0.00000180. The topological polar surface area (TPSA) is 32.3 Å². The second-order valence-electron chi connectivity index (χ2n) is 5.09. The molecule has 1 amide bonds. The molecule has 1 aliphatic rings. The molecule has 1 saturated heterocycles. The highest BCUT2D eigenvalue weighted by Gasteiger charge is 2.22. The molecule has 0 aromatic heterocycles. The highest BCUT2D eigenvalue weighted by Crippen LogP contribution is 2.20. The number of nitrogens with one attached hydrogen (secondary N) is 1. The van der Waals surface area contributed by atoms with Gasteiger partial charge in [0.05, 0.1) is 6.04 Å². The van der Waals surface area contributed by atoms with Gasteiger partial charge in [-0.25, -0.2) is 0 Å². The Morgan fingerprint density at radius 3 is 2.68 bits per heavy atom. The van der Waals surface area contributed by atoms with Gasteiger partial charge in [0.25, 0.3) is 0 Å². The molecular formula is C15H23ClN2O. The Morgan fingerprint density at radius 2 is 2.11 bits per heavy atom. The maximum absolute atomic E-state index is 12.2. The number of halogens is 1. The van der Waals surface area contributed by atoms with E-state index in [4.69, 9.17) is 0 Å². The largest absolute Gasteiger partial charge is 0.339 e. The first-order valence-corrected chi connectivity index (χ1v) is 6.72. The summed E-state index contributed by atoms with van der Waals surface area (Å²) in [5.74, 6) is 0.228. The predicted octanol–water partition coefficient (Wildman–Crippen LogP) is 2.77. The quantitative estimate of drug-likeness (QED) is 0.921. The van der Waals surface area contributed by atoms with Crippen LogP contribution in [0.2, 0.25) is 0 Å². The Bertz CT molecular complexity index is 390. The SMILES string of the molecule is CC(c1ccccc1)N(C)C(=O)CC1CCCN1.Cl. The van der Waals surface area contributed by atoms with Crippen molar-refractivity contribution in [2.24, 2.45) is 0 Å². The van der Waals surface area contributed by atoms with E-state index in [0.717, 1.165) is 13.0 Å². The number of hydrogen-bond donors (Lipinski definition) is 1. The summed E-state index contributed by atoms with van der Waals surface area (Å²) in [6.07, 6.45) is 2.93. The molecule has 0 bridgehead atoms. The van der Waals surface area contributed by atoms with Crippen LogP contribution in [-0.4, -0.2) is 30.4 Å². The molecule has 19 heavy (non-hydrogen) atoms. The van der Waals surface area contributed by atoms with Gasteiger partial charge in [-0.15, -0.1) is 12.4 Å². The van der Waals surface area contributed by atoms with Crippen molar-refractivity contribution in [1.29, 1.82) is 0 Å². The van der Waals surface area contributed by atoms with E-state index in [-0.39, 0.29) is 24.4 Å². The van der Waals surface area contributed by atoms with Gasteiger partial charge in [0.1, 0.15) is 0 Å². The summed E-state index contributed by atoms with van der Waals surface area (Å²) in [7, 11) is 1.90. The van der Waals surface area contributed by atoms with Crippen molar-refractivity contribution >= 4 is 18.3 Å². The van der Waals surface area contributed by atoms with Crippen LogP contribution in [0.25, 0.3) is 0 Å². The van der Waals surface area contributed by atoms with Gasteiger partial charge in [0.2, 0.25) is 5.91 Å². The lowest BCUT2D eigenvalue weighted by Crippen LogP contribution is -2.34. The third-order valence-electron chi connectivity index (χ3n) is 3.84. The lowest BCUT2D eigenvalue weighted by molar-refractivity contribution is -0.132. The zero-order valence-electron chi connectivity index (χ0n) is 11.6. The van der Waals surface area contributed by atoms with E-state index >= 15 is 0 Å². The van der Waals surface area contributed by atoms with Crippen LogP contribution < -0.4 is 5.32 Å². The summed E-state index contributed by atoms with van der Waals surface area (Å²) in [4.78, 5) is 14.1. The molecule has 0 radical (unpaired) electrons. The predicted molar refractivity (Wildman–Crippen MR) is 80.5 cm³/mol. The average molecular weight is 283 g/mol. The Hall–Kier alpha value is -1.06. The van der Waals surface area contributed by atoms with E-state index in [0.29, 0.717) is 12.5 Å². The molecule has 3 nitrogen and oxygen atoms in total. The van der Waals surface area contributed by atoms with Gasteiger partial charge in [-0.3, -0.25) is 4.79 Å². The molecule has 0 spiro atoms. The first-order valence-electron chi connectivity index (χ1n) is 6.72. The van der Waals surface area contributed by atoms with Gasteiger partial charge >= 0.3 is 0 Å². The van der Waals surface area contributed by atoms with Crippen molar-refractivity contribution in [1.82, 2.24) is 10.2 Å². The summed E-state index contributed by atoms with van der Waals surface area (Å²) < 4.78 is 0. The number of carbonyl (C=O) groups excluding carboxylic acids is 1. The van der Waals surface area contributed by atoms with Crippen LogP contribution in [0.5, 0.6) is 0 Å². The maximum Gasteiger partial charge on any atom is 0.224 e. The Morgan fingerprint density at radius 1 is 1.42 bits per heavy atom. The van der Waals surface area contributed by atoms with Crippen LogP contribution in [-0.2, 0) is 4.79 Å². The number of benzene rings is 1. The first-order chi connectivity index (χ1) is 8.68. The Labute approximate surface area is 121 Å². The number of rotatable bonds is 4. The molecular weight excluding hydrogens is 260 g/mol. The summed E-state index contributed by atoms with van der Waals surface area (Å²) in [6.45, 7) is 3.13. The van der Waals surface area contributed by atoms with Crippen LogP contribution in [0.1, 0.15) is 37.8 Å². The molecule has 4 heteroatoms. The van der Waals surface area contributed by atoms with Crippen LogP contribution in [0.3, 0.4) is 0 Å². The molecule has 1 aromatic rings. The highest BCUT2D eigenvalue weighted by atomic mass is 35.5. The third-order valence-corrected chi connectivity index (χ3v) is 3.84. The molecule has 1 aromatic carbocycles. The van der Waals surface area contributed by atoms with E-state index in [1.54, 1.807) is 0 Å². The molecule has 2 atom stereocenters. The zero-order chi connectivity index (χ0) is 13.0.